The van der Waals surface area contributed by atoms with E-state index in [-0.39, 0.29) is 0 Å². The van der Waals surface area contributed by atoms with Crippen LogP contribution in [0.1, 0.15) is 37.8 Å². The number of anilines is 2. The van der Waals surface area contributed by atoms with Gasteiger partial charge in [0.2, 0.25) is 0 Å². The Hall–Kier alpha value is -1.22. The summed E-state index contributed by atoms with van der Waals surface area (Å²) in [6, 6.07) is 5.11. The van der Waals surface area contributed by atoms with Crippen molar-refractivity contribution >= 4 is 11.4 Å². The number of piperidine rings is 1. The van der Waals surface area contributed by atoms with Crippen LogP contribution >= 0.6 is 0 Å². The van der Waals surface area contributed by atoms with E-state index in [1.54, 1.807) is 0 Å². The summed E-state index contributed by atoms with van der Waals surface area (Å²) >= 11 is 0. The van der Waals surface area contributed by atoms with Crippen molar-refractivity contribution in [2.75, 3.05) is 37.8 Å². The van der Waals surface area contributed by atoms with E-state index >= 15 is 0 Å². The first kappa shape index (κ1) is 14.7. The van der Waals surface area contributed by atoms with Crippen molar-refractivity contribution in [3.8, 4) is 0 Å². The van der Waals surface area contributed by atoms with E-state index in [0.717, 1.165) is 24.6 Å². The SMILES string of the molecule is CN(C)C1CCN(c2ccc(N)c3c2CC(C)(C)C3)CC1. The molecule has 0 atom stereocenters. The van der Waals surface area contributed by atoms with Crippen molar-refractivity contribution in [1.29, 1.82) is 0 Å². The largest absolute Gasteiger partial charge is 0.398 e. The summed E-state index contributed by atoms with van der Waals surface area (Å²) in [5, 5.41) is 0. The van der Waals surface area contributed by atoms with Gasteiger partial charge < -0.3 is 15.5 Å². The van der Waals surface area contributed by atoms with Crippen LogP contribution in [0.3, 0.4) is 0 Å². The Morgan fingerprint density at radius 3 is 2.33 bits per heavy atom. The standard InChI is InChI=1S/C18H29N3/c1-18(2)11-14-15(12-18)17(6-5-16(14)19)21-9-7-13(8-10-21)20(3)4/h5-6,13H,7-12,19H2,1-4H3. The van der Waals surface area contributed by atoms with Crippen molar-refractivity contribution in [2.24, 2.45) is 5.41 Å². The minimum absolute atomic E-state index is 0.356. The van der Waals surface area contributed by atoms with Gasteiger partial charge >= 0.3 is 0 Å². The van der Waals surface area contributed by atoms with Crippen molar-refractivity contribution in [3.05, 3.63) is 23.3 Å². The molecule has 0 unspecified atom stereocenters. The highest BCUT2D eigenvalue weighted by molar-refractivity contribution is 5.67. The van der Waals surface area contributed by atoms with Crippen LogP contribution in [-0.4, -0.2) is 38.1 Å². The summed E-state index contributed by atoms with van der Waals surface area (Å²) in [4.78, 5) is 4.95. The Kier molecular flexibility index (Phi) is 3.64. The molecule has 0 aromatic heterocycles. The molecule has 1 fully saturated rings. The molecule has 1 aromatic rings. The molecule has 0 saturated carbocycles. The van der Waals surface area contributed by atoms with Crippen LogP contribution in [0.2, 0.25) is 0 Å². The third-order valence-corrected chi connectivity index (χ3v) is 5.29. The molecule has 3 heteroatoms. The molecule has 0 radical (unpaired) electrons. The molecule has 0 amide bonds. The Morgan fingerprint density at radius 1 is 1.10 bits per heavy atom. The third-order valence-electron chi connectivity index (χ3n) is 5.29. The molecule has 0 spiro atoms. The molecule has 116 valence electrons. The number of nitrogen functional groups attached to an aromatic ring is 1. The molecular weight excluding hydrogens is 258 g/mol. The van der Waals surface area contributed by atoms with Gasteiger partial charge in [-0.15, -0.1) is 0 Å². The minimum atomic E-state index is 0.356. The molecule has 1 saturated heterocycles. The lowest BCUT2D eigenvalue weighted by Gasteiger charge is -2.37. The third kappa shape index (κ3) is 2.76. The molecule has 1 aromatic carbocycles. The van der Waals surface area contributed by atoms with Crippen LogP contribution in [0.4, 0.5) is 11.4 Å². The maximum atomic E-state index is 6.23. The Morgan fingerprint density at radius 2 is 1.71 bits per heavy atom. The lowest BCUT2D eigenvalue weighted by atomic mass is 9.90. The normalized spacial score (nSPS) is 21.9. The zero-order chi connectivity index (χ0) is 15.2. The lowest BCUT2D eigenvalue weighted by Crippen LogP contribution is -2.42. The minimum Gasteiger partial charge on any atom is -0.398 e. The van der Waals surface area contributed by atoms with E-state index in [1.165, 1.54) is 42.7 Å². The fourth-order valence-electron chi connectivity index (χ4n) is 4.04. The van der Waals surface area contributed by atoms with Crippen molar-refractivity contribution < 1.29 is 0 Å². The van der Waals surface area contributed by atoms with Crippen LogP contribution in [-0.2, 0) is 12.8 Å². The van der Waals surface area contributed by atoms with Crippen molar-refractivity contribution in [1.82, 2.24) is 4.90 Å². The average Bonchev–Trinajstić information content (AvgIpc) is 2.76. The molecule has 2 aliphatic rings. The number of hydrogen-bond donors (Lipinski definition) is 1. The number of rotatable bonds is 2. The van der Waals surface area contributed by atoms with Gasteiger partial charge in [0.05, 0.1) is 0 Å². The molecule has 21 heavy (non-hydrogen) atoms. The molecular formula is C18H29N3. The molecule has 1 aliphatic carbocycles. The molecule has 3 nitrogen and oxygen atoms in total. The predicted molar refractivity (Wildman–Crippen MR) is 91.0 cm³/mol. The van der Waals surface area contributed by atoms with E-state index in [9.17, 15) is 0 Å². The summed E-state index contributed by atoms with van der Waals surface area (Å²) in [5.74, 6) is 0. The van der Waals surface area contributed by atoms with E-state index in [1.807, 2.05) is 0 Å². The quantitative estimate of drug-likeness (QED) is 0.849. The smallest absolute Gasteiger partial charge is 0.0403 e. The second-order valence-electron chi connectivity index (χ2n) is 7.83. The van der Waals surface area contributed by atoms with Gasteiger partial charge in [-0.2, -0.15) is 0 Å². The molecule has 0 bridgehead atoms. The first-order valence-corrected chi connectivity index (χ1v) is 8.19. The highest BCUT2D eigenvalue weighted by atomic mass is 15.2. The van der Waals surface area contributed by atoms with E-state index in [4.69, 9.17) is 5.73 Å². The zero-order valence-corrected chi connectivity index (χ0v) is 13.9. The summed E-state index contributed by atoms with van der Waals surface area (Å²) in [6.45, 7) is 7.04. The second kappa shape index (κ2) is 5.20. The maximum absolute atomic E-state index is 6.23. The van der Waals surface area contributed by atoms with Gasteiger partial charge in [-0.05, 0) is 68.5 Å². The highest BCUT2D eigenvalue weighted by Gasteiger charge is 2.33. The Labute approximate surface area is 129 Å². The molecule has 2 N–H and O–H groups in total. The van der Waals surface area contributed by atoms with Gasteiger partial charge in [0.1, 0.15) is 0 Å². The van der Waals surface area contributed by atoms with Crippen LogP contribution in [0.15, 0.2) is 12.1 Å². The van der Waals surface area contributed by atoms with Crippen LogP contribution in [0, 0.1) is 5.41 Å². The fourth-order valence-corrected chi connectivity index (χ4v) is 4.04. The van der Waals surface area contributed by atoms with Crippen molar-refractivity contribution in [2.45, 2.75) is 45.6 Å². The fraction of sp³-hybridized carbons (Fsp3) is 0.667. The Bertz CT molecular complexity index is 526. The maximum Gasteiger partial charge on any atom is 0.0403 e. The van der Waals surface area contributed by atoms with Gasteiger partial charge in [-0.25, -0.2) is 0 Å². The second-order valence-corrected chi connectivity index (χ2v) is 7.83. The van der Waals surface area contributed by atoms with E-state index < -0.39 is 0 Å². The van der Waals surface area contributed by atoms with E-state index in [0.29, 0.717) is 5.41 Å². The molecule has 1 heterocycles. The average molecular weight is 287 g/mol. The summed E-state index contributed by atoms with van der Waals surface area (Å²) in [6.07, 6.45) is 4.80. The number of hydrogen-bond acceptors (Lipinski definition) is 3. The summed E-state index contributed by atoms with van der Waals surface area (Å²) in [5.41, 5.74) is 11.9. The van der Waals surface area contributed by atoms with Gasteiger partial charge in [0.25, 0.3) is 0 Å². The lowest BCUT2D eigenvalue weighted by molar-refractivity contribution is 0.249. The number of nitrogens with two attached hydrogens (primary N) is 1. The topological polar surface area (TPSA) is 32.5 Å². The predicted octanol–water partition coefficient (Wildman–Crippen LogP) is 2.92. The molecule has 1 aliphatic heterocycles. The molecule has 3 rings (SSSR count). The Balaban J connectivity index is 1.84. The zero-order valence-electron chi connectivity index (χ0n) is 13.9. The van der Waals surface area contributed by atoms with Gasteiger partial charge in [-0.3, -0.25) is 0 Å². The van der Waals surface area contributed by atoms with Gasteiger partial charge in [0.15, 0.2) is 0 Å². The van der Waals surface area contributed by atoms with Gasteiger partial charge in [0, 0.05) is 30.5 Å². The van der Waals surface area contributed by atoms with Gasteiger partial charge in [-0.1, -0.05) is 13.8 Å². The number of nitrogens with zero attached hydrogens (tertiary/aromatic N) is 2. The van der Waals surface area contributed by atoms with Crippen molar-refractivity contribution in [3.63, 3.8) is 0 Å². The monoisotopic (exact) mass is 287 g/mol. The summed E-state index contributed by atoms with van der Waals surface area (Å²) < 4.78 is 0. The van der Waals surface area contributed by atoms with Crippen LogP contribution < -0.4 is 10.6 Å². The van der Waals surface area contributed by atoms with E-state index in [2.05, 4.69) is 49.9 Å². The highest BCUT2D eigenvalue weighted by Crippen LogP contribution is 2.43. The van der Waals surface area contributed by atoms with Crippen LogP contribution in [0.25, 0.3) is 0 Å². The number of fused-ring (bicyclic) bond motifs is 1. The summed E-state index contributed by atoms with van der Waals surface area (Å²) in [7, 11) is 4.40. The first-order valence-electron chi connectivity index (χ1n) is 8.19. The van der Waals surface area contributed by atoms with Crippen LogP contribution in [0.5, 0.6) is 0 Å². The number of benzene rings is 1. The first-order chi connectivity index (χ1) is 9.87.